The normalized spacial score (nSPS) is 13.9. The zero-order chi connectivity index (χ0) is 6.41. The molecule has 0 amide bonds. The van der Waals surface area contributed by atoms with Crippen LogP contribution in [0.4, 0.5) is 0 Å². The van der Waals surface area contributed by atoms with Gasteiger partial charge in [0.25, 0.3) is 0 Å². The van der Waals surface area contributed by atoms with E-state index in [1.165, 1.54) is 12.2 Å². The van der Waals surface area contributed by atoms with Gasteiger partial charge in [0, 0.05) is 5.75 Å². The first kappa shape index (κ1) is 8.70. The van der Waals surface area contributed by atoms with E-state index in [-0.39, 0.29) is 0 Å². The highest BCUT2D eigenvalue weighted by molar-refractivity contribution is 8.76. The fraction of sp³-hybridized carbons (Fsp3) is 1.00. The van der Waals surface area contributed by atoms with E-state index < -0.39 is 0 Å². The van der Waals surface area contributed by atoms with Crippen LogP contribution < -0.4 is 0 Å². The molecule has 2 heteroatoms. The molecule has 0 saturated heterocycles. The largest absolute Gasteiger partial charge is 0.0976 e. The summed E-state index contributed by atoms with van der Waals surface area (Å²) >= 11 is 0. The van der Waals surface area contributed by atoms with Crippen molar-refractivity contribution in [1.29, 1.82) is 0 Å². The fourth-order valence-electron chi connectivity index (χ4n) is 0.302. The molecule has 0 aromatic heterocycles. The molecule has 0 bridgehead atoms. The second kappa shape index (κ2) is 5.83. The highest BCUT2D eigenvalue weighted by Crippen LogP contribution is 2.21. The third kappa shape index (κ3) is 4.85. The third-order valence-electron chi connectivity index (χ3n) is 1.17. The third-order valence-corrected chi connectivity index (χ3v) is 3.22. The minimum Gasteiger partial charge on any atom is -0.0976 e. The quantitative estimate of drug-likeness (QED) is 0.565. The van der Waals surface area contributed by atoms with E-state index in [0.717, 1.165) is 5.92 Å². The molecule has 0 fully saturated rings. The predicted molar refractivity (Wildman–Crippen MR) is 45.4 cm³/mol. The number of hydrogen-bond donors (Lipinski definition) is 0. The topological polar surface area (TPSA) is 0 Å². The molecule has 0 N–H and O–H groups in total. The lowest BCUT2D eigenvalue weighted by Crippen LogP contribution is -1.92. The Morgan fingerprint density at radius 1 is 1.50 bits per heavy atom. The van der Waals surface area contributed by atoms with Gasteiger partial charge >= 0.3 is 0 Å². The van der Waals surface area contributed by atoms with Crippen molar-refractivity contribution in [2.24, 2.45) is 5.92 Å². The van der Waals surface area contributed by atoms with Gasteiger partial charge in [0.1, 0.15) is 0 Å². The molecule has 0 aliphatic heterocycles. The second-order valence-electron chi connectivity index (χ2n) is 1.96. The summed E-state index contributed by atoms with van der Waals surface area (Å²) in [5, 5.41) is 0. The summed E-state index contributed by atoms with van der Waals surface area (Å²) in [6.07, 6.45) is 3.45. The Kier molecular flexibility index (Phi) is 6.34. The van der Waals surface area contributed by atoms with E-state index in [4.69, 9.17) is 0 Å². The molecule has 0 saturated carbocycles. The van der Waals surface area contributed by atoms with Gasteiger partial charge in [-0.05, 0) is 12.2 Å². The van der Waals surface area contributed by atoms with Crippen LogP contribution in [0.2, 0.25) is 0 Å². The highest BCUT2D eigenvalue weighted by atomic mass is 33.1. The van der Waals surface area contributed by atoms with Crippen molar-refractivity contribution in [2.45, 2.75) is 20.3 Å². The average Bonchev–Trinajstić information content (AvgIpc) is 1.83. The van der Waals surface area contributed by atoms with Gasteiger partial charge in [-0.1, -0.05) is 41.9 Å². The molecule has 8 heavy (non-hydrogen) atoms. The zero-order valence-electron chi connectivity index (χ0n) is 5.81. The van der Waals surface area contributed by atoms with Gasteiger partial charge in [-0.15, -0.1) is 0 Å². The van der Waals surface area contributed by atoms with Crippen molar-refractivity contribution in [1.82, 2.24) is 0 Å². The van der Waals surface area contributed by atoms with Crippen LogP contribution >= 0.6 is 21.6 Å². The van der Waals surface area contributed by atoms with E-state index in [1.807, 2.05) is 21.6 Å². The van der Waals surface area contributed by atoms with Crippen molar-refractivity contribution in [3.63, 3.8) is 0 Å². The molecule has 0 heterocycles. The summed E-state index contributed by atoms with van der Waals surface area (Å²) < 4.78 is 0. The lowest BCUT2D eigenvalue weighted by atomic mass is 10.2. The zero-order valence-corrected chi connectivity index (χ0v) is 7.44. The average molecular weight is 150 g/mol. The molecule has 50 valence electrons. The monoisotopic (exact) mass is 150 g/mol. The van der Waals surface area contributed by atoms with E-state index >= 15 is 0 Å². The Bertz CT molecular complexity index is 45.8. The maximum Gasteiger partial charge on any atom is 0.00624 e. The first-order valence-corrected chi connectivity index (χ1v) is 5.69. The first-order valence-electron chi connectivity index (χ1n) is 2.96. The summed E-state index contributed by atoms with van der Waals surface area (Å²) in [6, 6.07) is 0. The standard InChI is InChI=1S/C6H14S2/c1-4-6(2)5-8-7-3/h6H,4-5H2,1-3H3. The molecular formula is C6H14S2. The molecule has 0 nitrogen and oxygen atoms in total. The Balaban J connectivity index is 2.86. The van der Waals surface area contributed by atoms with E-state index in [2.05, 4.69) is 20.1 Å². The van der Waals surface area contributed by atoms with Crippen LogP contribution in [0, 0.1) is 5.92 Å². The summed E-state index contributed by atoms with van der Waals surface area (Å²) in [5.41, 5.74) is 0. The van der Waals surface area contributed by atoms with Crippen LogP contribution in [0.5, 0.6) is 0 Å². The SMILES string of the molecule is CCC(C)CSSC. The van der Waals surface area contributed by atoms with Crippen LogP contribution in [0.25, 0.3) is 0 Å². The summed E-state index contributed by atoms with van der Waals surface area (Å²) in [7, 11) is 3.82. The highest BCUT2D eigenvalue weighted by Gasteiger charge is 1.95. The van der Waals surface area contributed by atoms with Gasteiger partial charge in [0.2, 0.25) is 0 Å². The summed E-state index contributed by atoms with van der Waals surface area (Å²) in [5.74, 6) is 2.20. The van der Waals surface area contributed by atoms with Gasteiger partial charge in [-0.25, -0.2) is 0 Å². The lowest BCUT2D eigenvalue weighted by molar-refractivity contribution is 0.638. The van der Waals surface area contributed by atoms with E-state index in [0.29, 0.717) is 0 Å². The minimum atomic E-state index is 0.896. The van der Waals surface area contributed by atoms with Crippen molar-refractivity contribution in [2.75, 3.05) is 12.0 Å². The Labute approximate surface area is 60.2 Å². The Morgan fingerprint density at radius 3 is 2.50 bits per heavy atom. The minimum absolute atomic E-state index is 0.896. The number of hydrogen-bond acceptors (Lipinski definition) is 2. The Morgan fingerprint density at radius 2 is 2.12 bits per heavy atom. The molecule has 1 atom stereocenters. The fourth-order valence-corrected chi connectivity index (χ4v) is 2.01. The second-order valence-corrected chi connectivity index (χ2v) is 4.57. The molecule has 0 rings (SSSR count). The van der Waals surface area contributed by atoms with E-state index in [1.54, 1.807) is 0 Å². The van der Waals surface area contributed by atoms with Crippen molar-refractivity contribution >= 4 is 21.6 Å². The van der Waals surface area contributed by atoms with Crippen molar-refractivity contribution < 1.29 is 0 Å². The van der Waals surface area contributed by atoms with Crippen LogP contribution in [0.15, 0.2) is 0 Å². The molecule has 1 unspecified atom stereocenters. The number of rotatable bonds is 4. The van der Waals surface area contributed by atoms with Crippen molar-refractivity contribution in [3.05, 3.63) is 0 Å². The summed E-state index contributed by atoms with van der Waals surface area (Å²) in [4.78, 5) is 0. The predicted octanol–water partition coefficient (Wildman–Crippen LogP) is 3.04. The maximum atomic E-state index is 2.29. The van der Waals surface area contributed by atoms with Gasteiger partial charge in [-0.2, -0.15) is 0 Å². The maximum absolute atomic E-state index is 2.29. The molecule has 0 aliphatic rings. The smallest absolute Gasteiger partial charge is 0.00624 e. The van der Waals surface area contributed by atoms with Gasteiger partial charge < -0.3 is 0 Å². The van der Waals surface area contributed by atoms with Crippen LogP contribution in [-0.4, -0.2) is 12.0 Å². The van der Waals surface area contributed by atoms with Crippen LogP contribution in [-0.2, 0) is 0 Å². The Hall–Kier alpha value is 0.700. The van der Waals surface area contributed by atoms with Crippen LogP contribution in [0.3, 0.4) is 0 Å². The molecule has 0 aliphatic carbocycles. The first-order chi connectivity index (χ1) is 3.81. The van der Waals surface area contributed by atoms with Gasteiger partial charge in [0.15, 0.2) is 0 Å². The molecule has 0 aromatic rings. The lowest BCUT2D eigenvalue weighted by Gasteiger charge is -2.03. The molecule has 0 radical (unpaired) electrons. The molecular weight excluding hydrogens is 136 g/mol. The van der Waals surface area contributed by atoms with Crippen LogP contribution in [0.1, 0.15) is 20.3 Å². The molecule has 0 aromatic carbocycles. The van der Waals surface area contributed by atoms with Gasteiger partial charge in [-0.3, -0.25) is 0 Å². The van der Waals surface area contributed by atoms with E-state index in [9.17, 15) is 0 Å². The van der Waals surface area contributed by atoms with Crippen molar-refractivity contribution in [3.8, 4) is 0 Å². The van der Waals surface area contributed by atoms with Gasteiger partial charge in [0.05, 0.1) is 0 Å². The summed E-state index contributed by atoms with van der Waals surface area (Å²) in [6.45, 7) is 4.54. The molecule has 0 spiro atoms.